The zero-order valence-electron chi connectivity index (χ0n) is 19.2. The lowest BCUT2D eigenvalue weighted by Gasteiger charge is -2.31. The van der Waals surface area contributed by atoms with Crippen molar-refractivity contribution in [3.63, 3.8) is 0 Å². The van der Waals surface area contributed by atoms with Crippen LogP contribution in [0.5, 0.6) is 11.5 Å². The first kappa shape index (κ1) is 29.2. The first-order valence-electron chi connectivity index (χ1n) is 10.3. The number of ether oxygens (including phenoxy) is 2. The zero-order chi connectivity index (χ0) is 25.0. The molecular formula is C24H33F3N2O5. The van der Waals surface area contributed by atoms with Crippen molar-refractivity contribution in [2.75, 3.05) is 26.9 Å². The van der Waals surface area contributed by atoms with Gasteiger partial charge < -0.3 is 25.0 Å². The molecule has 0 saturated carbocycles. The van der Waals surface area contributed by atoms with Gasteiger partial charge in [0.15, 0.2) is 11.5 Å². The maximum absolute atomic E-state index is 14.0. The topological polar surface area (TPSA) is 101 Å². The number of alkyl halides is 3. The molecule has 1 aromatic carbocycles. The van der Waals surface area contributed by atoms with Gasteiger partial charge in [-0.05, 0) is 55.2 Å². The summed E-state index contributed by atoms with van der Waals surface area (Å²) in [4.78, 5) is 16.6. The number of aromatic nitrogens is 1. The molecule has 1 unspecified atom stereocenters. The maximum Gasteiger partial charge on any atom is 0.424 e. The Morgan fingerprint density at radius 3 is 2.35 bits per heavy atom. The van der Waals surface area contributed by atoms with Crippen LogP contribution in [-0.4, -0.2) is 54.1 Å². The summed E-state index contributed by atoms with van der Waals surface area (Å²) in [5.74, 6) is -0.510. The van der Waals surface area contributed by atoms with Crippen molar-refractivity contribution in [1.29, 1.82) is 0 Å². The molecule has 3 N–H and O–H groups in total. The van der Waals surface area contributed by atoms with Crippen LogP contribution in [0.15, 0.2) is 24.3 Å². The van der Waals surface area contributed by atoms with E-state index in [4.69, 9.17) is 14.6 Å². The van der Waals surface area contributed by atoms with E-state index in [1.807, 2.05) is 13.8 Å². The molecule has 10 heteroatoms. The van der Waals surface area contributed by atoms with Gasteiger partial charge in [0.2, 0.25) is 5.60 Å². The number of benzene rings is 1. The molecule has 34 heavy (non-hydrogen) atoms. The average molecular weight is 487 g/mol. The van der Waals surface area contributed by atoms with Crippen LogP contribution >= 0.6 is 0 Å². The fraction of sp³-hybridized carbons (Fsp3) is 0.500. The van der Waals surface area contributed by atoms with Crippen molar-refractivity contribution in [2.24, 2.45) is 0 Å². The molecule has 0 saturated heterocycles. The van der Waals surface area contributed by atoms with Gasteiger partial charge in [-0.3, -0.25) is 9.78 Å². The van der Waals surface area contributed by atoms with Crippen LogP contribution in [0.2, 0.25) is 0 Å². The monoisotopic (exact) mass is 486 g/mol. The van der Waals surface area contributed by atoms with E-state index in [0.29, 0.717) is 11.3 Å². The van der Waals surface area contributed by atoms with Gasteiger partial charge in [-0.25, -0.2) is 0 Å². The minimum absolute atomic E-state index is 0. The zero-order valence-corrected chi connectivity index (χ0v) is 19.2. The summed E-state index contributed by atoms with van der Waals surface area (Å²) in [6.07, 6.45) is -5.09. The van der Waals surface area contributed by atoms with Crippen LogP contribution < -0.4 is 14.8 Å². The summed E-state index contributed by atoms with van der Waals surface area (Å²) in [5.41, 5.74) is -2.21. The largest absolute Gasteiger partial charge is 0.493 e. The molecule has 0 aliphatic heterocycles. The number of hydrogen-bond donors (Lipinski definition) is 3. The van der Waals surface area contributed by atoms with Crippen molar-refractivity contribution in [2.45, 2.75) is 52.8 Å². The third-order valence-corrected chi connectivity index (χ3v) is 5.35. The van der Waals surface area contributed by atoms with Crippen LogP contribution in [0.3, 0.4) is 0 Å². The molecule has 0 radical (unpaired) electrons. The Morgan fingerprint density at radius 1 is 1.18 bits per heavy atom. The summed E-state index contributed by atoms with van der Waals surface area (Å²) in [6, 6.07) is 5.27. The van der Waals surface area contributed by atoms with Crippen LogP contribution in [0.4, 0.5) is 13.2 Å². The number of halogens is 3. The van der Waals surface area contributed by atoms with Gasteiger partial charge in [-0.15, -0.1) is 0 Å². The SMILES string of the molecule is C.COc1cc(C(=O)NCC(O)(c2cc(C(C)C)c(C)c(C)n2)C(F)(F)F)ccc1OCCO. The Balaban J connectivity index is 0.00000578. The number of aryl methyl sites for hydroxylation is 1. The van der Waals surface area contributed by atoms with E-state index in [-0.39, 0.29) is 43.6 Å². The molecule has 0 spiro atoms. The second-order valence-electron chi connectivity index (χ2n) is 7.94. The predicted octanol–water partition coefficient (Wildman–Crippen LogP) is 4.02. The number of aliphatic hydroxyl groups is 2. The van der Waals surface area contributed by atoms with Crippen molar-refractivity contribution in [1.82, 2.24) is 10.3 Å². The molecule has 2 rings (SSSR count). The van der Waals surface area contributed by atoms with Gasteiger partial charge in [0, 0.05) is 11.3 Å². The second-order valence-corrected chi connectivity index (χ2v) is 7.94. The molecule has 0 bridgehead atoms. The van der Waals surface area contributed by atoms with E-state index in [1.165, 1.54) is 31.4 Å². The van der Waals surface area contributed by atoms with E-state index >= 15 is 0 Å². The third-order valence-electron chi connectivity index (χ3n) is 5.35. The van der Waals surface area contributed by atoms with E-state index < -0.39 is 29.9 Å². The fourth-order valence-corrected chi connectivity index (χ4v) is 3.30. The lowest BCUT2D eigenvalue weighted by atomic mass is 9.90. The number of amides is 1. The number of nitrogens with zero attached hydrogens (tertiary/aromatic N) is 1. The Kier molecular flexibility index (Phi) is 9.89. The number of aliphatic hydroxyl groups excluding tert-OH is 1. The molecule has 0 fully saturated rings. The predicted molar refractivity (Wildman–Crippen MR) is 122 cm³/mol. The summed E-state index contributed by atoms with van der Waals surface area (Å²) >= 11 is 0. The van der Waals surface area contributed by atoms with Gasteiger partial charge in [0.1, 0.15) is 6.61 Å². The quantitative estimate of drug-likeness (QED) is 0.495. The molecule has 1 atom stereocenters. The second kappa shape index (κ2) is 11.5. The van der Waals surface area contributed by atoms with Crippen LogP contribution in [-0.2, 0) is 5.60 Å². The molecule has 1 amide bonds. The van der Waals surface area contributed by atoms with Gasteiger partial charge in [0.05, 0.1) is 26.0 Å². The highest BCUT2D eigenvalue weighted by atomic mass is 19.4. The Hall–Kier alpha value is -2.85. The number of rotatable bonds is 9. The molecule has 1 aromatic heterocycles. The first-order valence-corrected chi connectivity index (χ1v) is 10.3. The highest BCUT2D eigenvalue weighted by Crippen LogP contribution is 2.39. The molecule has 2 aromatic rings. The van der Waals surface area contributed by atoms with Gasteiger partial charge in [0.25, 0.3) is 5.91 Å². The van der Waals surface area contributed by atoms with Crippen molar-refractivity contribution >= 4 is 5.91 Å². The Labute approximate surface area is 197 Å². The third kappa shape index (κ3) is 6.18. The molecular weight excluding hydrogens is 453 g/mol. The number of pyridine rings is 1. The molecule has 190 valence electrons. The normalized spacial score (nSPS) is 13.1. The minimum atomic E-state index is -5.09. The highest BCUT2D eigenvalue weighted by molar-refractivity contribution is 5.95. The summed E-state index contributed by atoms with van der Waals surface area (Å²) in [5, 5.41) is 21.7. The van der Waals surface area contributed by atoms with E-state index in [9.17, 15) is 23.1 Å². The van der Waals surface area contributed by atoms with Crippen molar-refractivity contribution in [3.05, 3.63) is 52.3 Å². The molecule has 1 heterocycles. The molecule has 0 aliphatic rings. The van der Waals surface area contributed by atoms with Crippen LogP contribution in [0, 0.1) is 13.8 Å². The molecule has 0 aliphatic carbocycles. The highest BCUT2D eigenvalue weighted by Gasteiger charge is 2.56. The maximum atomic E-state index is 14.0. The van der Waals surface area contributed by atoms with Crippen molar-refractivity contribution in [3.8, 4) is 11.5 Å². The average Bonchev–Trinajstić information content (AvgIpc) is 2.76. The van der Waals surface area contributed by atoms with Gasteiger partial charge in [-0.1, -0.05) is 21.3 Å². The number of carbonyl (C=O) groups is 1. The van der Waals surface area contributed by atoms with Crippen molar-refractivity contribution < 1.29 is 37.7 Å². The molecule has 7 nitrogen and oxygen atoms in total. The number of nitrogens with one attached hydrogen (secondary N) is 1. The summed E-state index contributed by atoms with van der Waals surface area (Å²) in [7, 11) is 1.34. The summed E-state index contributed by atoms with van der Waals surface area (Å²) in [6.45, 7) is 5.65. The minimum Gasteiger partial charge on any atom is -0.493 e. The number of carbonyl (C=O) groups excluding carboxylic acids is 1. The Bertz CT molecular complexity index is 995. The van der Waals surface area contributed by atoms with Crippen LogP contribution in [0.25, 0.3) is 0 Å². The Morgan fingerprint density at radius 2 is 1.82 bits per heavy atom. The van der Waals surface area contributed by atoms with Gasteiger partial charge in [-0.2, -0.15) is 13.2 Å². The van der Waals surface area contributed by atoms with E-state index in [1.54, 1.807) is 13.8 Å². The van der Waals surface area contributed by atoms with E-state index in [2.05, 4.69) is 10.3 Å². The van der Waals surface area contributed by atoms with Gasteiger partial charge >= 0.3 is 6.18 Å². The van der Waals surface area contributed by atoms with E-state index in [0.717, 1.165) is 5.56 Å². The first-order chi connectivity index (χ1) is 15.4. The standard InChI is InChI=1S/C23H29F3N2O5.CH4/c1-13(2)17-11-20(28-15(4)14(17)3)22(31,23(24,25)26)12-27-21(30)16-6-7-18(33-9-8-29)19(10-16)32-5;/h6-7,10-11,13,29,31H,8-9,12H2,1-5H3,(H,27,30);1H4. The smallest absolute Gasteiger partial charge is 0.424 e. The fourth-order valence-electron chi connectivity index (χ4n) is 3.30. The summed E-state index contributed by atoms with van der Waals surface area (Å²) < 4.78 is 52.4. The van der Waals surface area contributed by atoms with Crippen LogP contribution in [0.1, 0.15) is 60.1 Å². The number of hydrogen-bond acceptors (Lipinski definition) is 6. The number of methoxy groups -OCH3 is 1. The lowest BCUT2D eigenvalue weighted by molar-refractivity contribution is -0.265. The lowest BCUT2D eigenvalue weighted by Crippen LogP contribution is -2.51.